The first-order chi connectivity index (χ1) is 5.88. The zero-order valence-electron chi connectivity index (χ0n) is 7.96. The Morgan fingerprint density at radius 1 is 1.33 bits per heavy atom. The topological polar surface area (TPSA) is 29.5 Å². The quantitative estimate of drug-likeness (QED) is 0.702. The van der Waals surface area contributed by atoms with Crippen LogP contribution in [0.5, 0.6) is 0 Å². The Balaban J connectivity index is 2.26. The summed E-state index contributed by atoms with van der Waals surface area (Å²) in [7, 11) is 0. The number of aliphatic hydroxyl groups excluding tert-OH is 1. The zero-order valence-corrected chi connectivity index (χ0v) is 7.96. The van der Waals surface area contributed by atoms with Gasteiger partial charge in [0.05, 0.1) is 19.3 Å². The number of aliphatic hydroxyl groups is 1. The van der Waals surface area contributed by atoms with Crippen LogP contribution in [0.15, 0.2) is 0 Å². The SMILES string of the molecule is CC[C@H]1CCCC[C@H]1OCCO. The molecular weight excluding hydrogens is 152 g/mol. The Labute approximate surface area is 74.9 Å². The molecular formula is C10H20O2. The van der Waals surface area contributed by atoms with Crippen LogP contribution in [0.4, 0.5) is 0 Å². The Bertz CT molecular complexity index is 114. The van der Waals surface area contributed by atoms with Crippen molar-refractivity contribution in [3.8, 4) is 0 Å². The van der Waals surface area contributed by atoms with Crippen molar-refractivity contribution >= 4 is 0 Å². The summed E-state index contributed by atoms with van der Waals surface area (Å²) in [5, 5.41) is 8.63. The highest BCUT2D eigenvalue weighted by molar-refractivity contribution is 4.74. The molecule has 1 fully saturated rings. The van der Waals surface area contributed by atoms with E-state index in [0.29, 0.717) is 12.7 Å². The molecule has 0 unspecified atom stereocenters. The molecule has 1 aliphatic carbocycles. The number of hydrogen-bond acceptors (Lipinski definition) is 2. The van der Waals surface area contributed by atoms with E-state index in [-0.39, 0.29) is 6.61 Å². The molecule has 2 heteroatoms. The summed E-state index contributed by atoms with van der Waals surface area (Å²) in [5.41, 5.74) is 0. The average molecular weight is 172 g/mol. The molecule has 0 aromatic carbocycles. The standard InChI is InChI=1S/C10H20O2/c1-2-9-5-3-4-6-10(9)12-8-7-11/h9-11H,2-8H2,1H3/t9-,10+/m0/s1. The number of hydrogen-bond donors (Lipinski definition) is 1. The lowest BCUT2D eigenvalue weighted by atomic mass is 9.85. The normalized spacial score (nSPS) is 30.5. The summed E-state index contributed by atoms with van der Waals surface area (Å²) in [6.07, 6.45) is 6.81. The molecule has 1 saturated carbocycles. The molecule has 1 rings (SSSR count). The van der Waals surface area contributed by atoms with E-state index >= 15 is 0 Å². The predicted octanol–water partition coefficient (Wildman–Crippen LogP) is 1.96. The lowest BCUT2D eigenvalue weighted by molar-refractivity contribution is -0.0258. The molecule has 0 amide bonds. The largest absolute Gasteiger partial charge is 0.394 e. The van der Waals surface area contributed by atoms with E-state index in [0.717, 1.165) is 5.92 Å². The van der Waals surface area contributed by atoms with E-state index in [1.165, 1.54) is 32.1 Å². The van der Waals surface area contributed by atoms with Crippen LogP contribution >= 0.6 is 0 Å². The van der Waals surface area contributed by atoms with Crippen molar-refractivity contribution in [1.29, 1.82) is 0 Å². The summed E-state index contributed by atoms with van der Waals surface area (Å²) < 4.78 is 5.59. The number of ether oxygens (including phenoxy) is 1. The second-order valence-corrected chi connectivity index (χ2v) is 3.59. The maximum Gasteiger partial charge on any atom is 0.0701 e. The predicted molar refractivity (Wildman–Crippen MR) is 49.1 cm³/mol. The highest BCUT2D eigenvalue weighted by atomic mass is 16.5. The molecule has 0 aromatic rings. The van der Waals surface area contributed by atoms with Gasteiger partial charge in [-0.25, -0.2) is 0 Å². The van der Waals surface area contributed by atoms with E-state index in [4.69, 9.17) is 9.84 Å². The van der Waals surface area contributed by atoms with E-state index < -0.39 is 0 Å². The van der Waals surface area contributed by atoms with Crippen molar-refractivity contribution < 1.29 is 9.84 Å². The Kier molecular flexibility index (Phi) is 4.62. The third-order valence-electron chi connectivity index (χ3n) is 2.79. The Morgan fingerprint density at radius 2 is 2.08 bits per heavy atom. The molecule has 1 aliphatic rings. The van der Waals surface area contributed by atoms with Gasteiger partial charge >= 0.3 is 0 Å². The fourth-order valence-electron chi connectivity index (χ4n) is 2.06. The highest BCUT2D eigenvalue weighted by Crippen LogP contribution is 2.28. The van der Waals surface area contributed by atoms with E-state index in [1.807, 2.05) is 0 Å². The molecule has 1 N–H and O–H groups in total. The van der Waals surface area contributed by atoms with Crippen LogP contribution < -0.4 is 0 Å². The molecule has 0 aromatic heterocycles. The van der Waals surface area contributed by atoms with E-state index in [2.05, 4.69) is 6.92 Å². The zero-order chi connectivity index (χ0) is 8.81. The molecule has 2 nitrogen and oxygen atoms in total. The van der Waals surface area contributed by atoms with Crippen LogP contribution in [0.25, 0.3) is 0 Å². The molecule has 0 aliphatic heterocycles. The van der Waals surface area contributed by atoms with Crippen LogP contribution in [0.2, 0.25) is 0 Å². The van der Waals surface area contributed by atoms with Gasteiger partial charge in [0.2, 0.25) is 0 Å². The summed E-state index contributed by atoms with van der Waals surface area (Å²) in [6.45, 7) is 2.90. The minimum atomic E-state index is 0.160. The first kappa shape index (κ1) is 10.0. The van der Waals surface area contributed by atoms with Gasteiger partial charge in [-0.1, -0.05) is 26.2 Å². The third-order valence-corrected chi connectivity index (χ3v) is 2.79. The van der Waals surface area contributed by atoms with Crippen LogP contribution in [0.3, 0.4) is 0 Å². The smallest absolute Gasteiger partial charge is 0.0701 e. The summed E-state index contributed by atoms with van der Waals surface area (Å²) in [6, 6.07) is 0. The van der Waals surface area contributed by atoms with Crippen LogP contribution in [0, 0.1) is 5.92 Å². The van der Waals surface area contributed by atoms with Gasteiger partial charge in [-0.05, 0) is 18.8 Å². The van der Waals surface area contributed by atoms with Gasteiger partial charge in [0.25, 0.3) is 0 Å². The minimum absolute atomic E-state index is 0.160. The molecule has 2 atom stereocenters. The summed E-state index contributed by atoms with van der Waals surface area (Å²) in [4.78, 5) is 0. The van der Waals surface area contributed by atoms with Crippen molar-refractivity contribution in [2.24, 2.45) is 5.92 Å². The molecule has 0 saturated heterocycles. The van der Waals surface area contributed by atoms with Gasteiger partial charge < -0.3 is 9.84 Å². The van der Waals surface area contributed by atoms with Crippen molar-refractivity contribution in [3.63, 3.8) is 0 Å². The van der Waals surface area contributed by atoms with Gasteiger partial charge in [-0.2, -0.15) is 0 Å². The van der Waals surface area contributed by atoms with Crippen molar-refractivity contribution in [2.45, 2.75) is 45.1 Å². The number of rotatable bonds is 4. The molecule has 72 valence electrons. The van der Waals surface area contributed by atoms with Crippen LogP contribution in [0.1, 0.15) is 39.0 Å². The lowest BCUT2D eigenvalue weighted by Crippen LogP contribution is -2.28. The Morgan fingerprint density at radius 3 is 2.75 bits per heavy atom. The van der Waals surface area contributed by atoms with Gasteiger partial charge in [0.15, 0.2) is 0 Å². The van der Waals surface area contributed by atoms with Crippen LogP contribution in [-0.2, 0) is 4.74 Å². The second kappa shape index (κ2) is 5.55. The Hall–Kier alpha value is -0.0800. The van der Waals surface area contributed by atoms with E-state index in [1.54, 1.807) is 0 Å². The first-order valence-corrected chi connectivity index (χ1v) is 5.11. The third kappa shape index (κ3) is 2.76. The monoisotopic (exact) mass is 172 g/mol. The minimum Gasteiger partial charge on any atom is -0.394 e. The molecule has 0 radical (unpaired) electrons. The molecule has 0 heterocycles. The fraction of sp³-hybridized carbons (Fsp3) is 1.00. The molecule has 0 spiro atoms. The molecule has 12 heavy (non-hydrogen) atoms. The lowest BCUT2D eigenvalue weighted by Gasteiger charge is -2.30. The van der Waals surface area contributed by atoms with Crippen molar-refractivity contribution in [2.75, 3.05) is 13.2 Å². The average Bonchev–Trinajstić information content (AvgIpc) is 2.15. The van der Waals surface area contributed by atoms with Crippen molar-refractivity contribution in [1.82, 2.24) is 0 Å². The van der Waals surface area contributed by atoms with Crippen molar-refractivity contribution in [3.05, 3.63) is 0 Å². The van der Waals surface area contributed by atoms with Gasteiger partial charge in [0.1, 0.15) is 0 Å². The fourth-order valence-corrected chi connectivity index (χ4v) is 2.06. The summed E-state index contributed by atoms with van der Waals surface area (Å²) in [5.74, 6) is 0.741. The van der Waals surface area contributed by atoms with Gasteiger partial charge in [-0.3, -0.25) is 0 Å². The second-order valence-electron chi connectivity index (χ2n) is 3.59. The van der Waals surface area contributed by atoms with Gasteiger partial charge in [0, 0.05) is 0 Å². The molecule has 0 bridgehead atoms. The highest BCUT2D eigenvalue weighted by Gasteiger charge is 2.23. The summed E-state index contributed by atoms with van der Waals surface area (Å²) >= 11 is 0. The van der Waals surface area contributed by atoms with Gasteiger partial charge in [-0.15, -0.1) is 0 Å². The van der Waals surface area contributed by atoms with Crippen LogP contribution in [-0.4, -0.2) is 24.4 Å². The maximum atomic E-state index is 8.63. The van der Waals surface area contributed by atoms with E-state index in [9.17, 15) is 0 Å². The first-order valence-electron chi connectivity index (χ1n) is 5.11. The maximum absolute atomic E-state index is 8.63.